The van der Waals surface area contributed by atoms with Gasteiger partial charge in [0.05, 0.1) is 5.16 Å². The standard InChI is InChI=1S/C33H39ClN5O5P/c1-3-33(4-2,45(41,42)43)25-13-17-27(18-14-25)36-30(40)10-7-8-28-31(24-11-15-26(34)16-12-24)37-32(44-28)39-22-20-38(21-23-39)29-9-5-6-19-35-29/h5-6,9,11-19H,3-4,7-8,10,20-23H2,1-2H3,(H,36,40)(H2,41,42,43). The Bertz CT molecular complexity index is 1610. The van der Waals surface area contributed by atoms with Crippen LogP contribution >= 0.6 is 19.2 Å². The van der Waals surface area contributed by atoms with Crippen molar-refractivity contribution in [3.8, 4) is 11.3 Å². The zero-order valence-electron chi connectivity index (χ0n) is 25.5. The number of halogens is 1. The van der Waals surface area contributed by atoms with Gasteiger partial charge in [-0.05, 0) is 61.2 Å². The minimum absolute atomic E-state index is 0.159. The van der Waals surface area contributed by atoms with Gasteiger partial charge in [-0.25, -0.2) is 4.98 Å². The number of pyridine rings is 1. The zero-order chi connectivity index (χ0) is 32.0. The first-order valence-corrected chi connectivity index (χ1v) is 17.2. The molecule has 0 aliphatic carbocycles. The summed E-state index contributed by atoms with van der Waals surface area (Å²) in [7, 11) is -4.38. The van der Waals surface area contributed by atoms with E-state index in [4.69, 9.17) is 21.0 Å². The van der Waals surface area contributed by atoms with E-state index in [2.05, 4.69) is 20.1 Å². The van der Waals surface area contributed by atoms with Gasteiger partial charge in [-0.1, -0.05) is 55.8 Å². The third-order valence-corrected chi connectivity index (χ3v) is 10.8. The third-order valence-electron chi connectivity index (χ3n) is 8.57. The Morgan fingerprint density at radius 2 is 1.64 bits per heavy atom. The molecule has 1 aliphatic heterocycles. The number of aryl methyl sites for hydroxylation is 1. The predicted octanol–water partition coefficient (Wildman–Crippen LogP) is 6.87. The van der Waals surface area contributed by atoms with E-state index in [0.717, 1.165) is 43.3 Å². The Kier molecular flexibility index (Phi) is 10.3. The lowest BCUT2D eigenvalue weighted by Gasteiger charge is -2.34. The minimum Gasteiger partial charge on any atom is -0.428 e. The highest BCUT2D eigenvalue weighted by molar-refractivity contribution is 7.53. The molecule has 1 saturated heterocycles. The number of carbonyl (C=O) groups is 1. The number of anilines is 3. The maximum Gasteiger partial charge on any atom is 0.335 e. The number of nitrogens with zero attached hydrogens (tertiary/aromatic N) is 4. The van der Waals surface area contributed by atoms with Gasteiger partial charge in [-0.3, -0.25) is 9.36 Å². The summed E-state index contributed by atoms with van der Waals surface area (Å²) in [6.07, 6.45) is 3.74. The van der Waals surface area contributed by atoms with E-state index >= 15 is 0 Å². The average Bonchev–Trinajstić information content (AvgIpc) is 3.47. The first-order chi connectivity index (χ1) is 21.6. The summed E-state index contributed by atoms with van der Waals surface area (Å²) in [6, 6.07) is 20.7. The normalized spacial score (nSPS) is 14.1. The number of aromatic nitrogens is 2. The monoisotopic (exact) mass is 651 g/mol. The van der Waals surface area contributed by atoms with Crippen LogP contribution in [0, 0.1) is 0 Å². The molecule has 0 saturated carbocycles. The molecule has 45 heavy (non-hydrogen) atoms. The molecule has 0 atom stereocenters. The molecule has 12 heteroatoms. The summed E-state index contributed by atoms with van der Waals surface area (Å²) in [6.45, 7) is 6.62. The second kappa shape index (κ2) is 14.2. The first-order valence-electron chi connectivity index (χ1n) is 15.3. The Hall–Kier alpha value is -3.69. The smallest absolute Gasteiger partial charge is 0.335 e. The number of nitrogens with one attached hydrogen (secondary N) is 1. The summed E-state index contributed by atoms with van der Waals surface area (Å²) in [5.41, 5.74) is 2.77. The number of rotatable bonds is 12. The van der Waals surface area contributed by atoms with Crippen LogP contribution in [0.3, 0.4) is 0 Å². The number of hydrogen-bond donors (Lipinski definition) is 3. The Balaban J connectivity index is 1.23. The maximum atomic E-state index is 12.8. The van der Waals surface area contributed by atoms with Gasteiger partial charge in [-0.2, -0.15) is 4.98 Å². The topological polar surface area (TPSA) is 132 Å². The number of oxazole rings is 1. The largest absolute Gasteiger partial charge is 0.428 e. The molecule has 3 heterocycles. The van der Waals surface area contributed by atoms with Gasteiger partial charge < -0.3 is 29.3 Å². The van der Waals surface area contributed by atoms with Crippen LogP contribution in [0.2, 0.25) is 5.02 Å². The fraction of sp³-hybridized carbons (Fsp3) is 0.364. The van der Waals surface area contributed by atoms with Crippen molar-refractivity contribution in [3.05, 3.63) is 89.3 Å². The summed E-state index contributed by atoms with van der Waals surface area (Å²) < 4.78 is 18.6. The third kappa shape index (κ3) is 7.42. The van der Waals surface area contributed by atoms with Crippen molar-refractivity contribution >= 4 is 42.6 Å². The highest BCUT2D eigenvalue weighted by Gasteiger charge is 2.45. The molecule has 0 spiro atoms. The van der Waals surface area contributed by atoms with Gasteiger partial charge in [0.25, 0.3) is 6.01 Å². The minimum atomic E-state index is -4.38. The molecule has 3 N–H and O–H groups in total. The fourth-order valence-corrected chi connectivity index (χ4v) is 7.32. The summed E-state index contributed by atoms with van der Waals surface area (Å²) in [5.74, 6) is 1.51. The van der Waals surface area contributed by atoms with Crippen LogP contribution in [0.15, 0.2) is 77.3 Å². The van der Waals surface area contributed by atoms with Crippen LogP contribution in [-0.2, 0) is 20.9 Å². The molecule has 1 fully saturated rings. The van der Waals surface area contributed by atoms with E-state index in [9.17, 15) is 19.1 Å². The zero-order valence-corrected chi connectivity index (χ0v) is 27.2. The number of carbonyl (C=O) groups excluding carboxylic acids is 1. The van der Waals surface area contributed by atoms with E-state index in [1.807, 2.05) is 42.5 Å². The number of amides is 1. The van der Waals surface area contributed by atoms with Crippen molar-refractivity contribution in [3.63, 3.8) is 0 Å². The second-order valence-corrected chi connectivity index (χ2v) is 13.6. The van der Waals surface area contributed by atoms with Gasteiger partial charge >= 0.3 is 7.60 Å². The molecule has 5 rings (SSSR count). The molecule has 238 valence electrons. The van der Waals surface area contributed by atoms with Gasteiger partial charge in [0.2, 0.25) is 5.91 Å². The molecule has 2 aromatic carbocycles. The van der Waals surface area contributed by atoms with Gasteiger partial charge in [0, 0.05) is 61.5 Å². The van der Waals surface area contributed by atoms with E-state index < -0.39 is 12.8 Å². The van der Waals surface area contributed by atoms with Crippen LogP contribution in [0.5, 0.6) is 0 Å². The van der Waals surface area contributed by atoms with Crippen molar-refractivity contribution in [2.24, 2.45) is 0 Å². The van der Waals surface area contributed by atoms with E-state index in [0.29, 0.717) is 53.7 Å². The van der Waals surface area contributed by atoms with Crippen LogP contribution in [0.25, 0.3) is 11.3 Å². The molecule has 2 aromatic heterocycles. The van der Waals surface area contributed by atoms with Crippen molar-refractivity contribution in [1.82, 2.24) is 9.97 Å². The SMILES string of the molecule is CCC(CC)(c1ccc(NC(=O)CCCc2oc(N3CCN(c4ccccn4)CC3)nc2-c2ccc(Cl)cc2)cc1)P(=O)(O)O. The van der Waals surface area contributed by atoms with Crippen molar-refractivity contribution in [2.75, 3.05) is 41.3 Å². The van der Waals surface area contributed by atoms with Crippen molar-refractivity contribution in [2.45, 2.75) is 51.1 Å². The fourth-order valence-electron chi connectivity index (χ4n) is 5.88. The molecule has 0 unspecified atom stereocenters. The lowest BCUT2D eigenvalue weighted by atomic mass is 9.92. The summed E-state index contributed by atoms with van der Waals surface area (Å²) in [5, 5.41) is 2.30. The first kappa shape index (κ1) is 32.7. The molecular formula is C33H39ClN5O5P. The van der Waals surface area contributed by atoms with E-state index in [1.54, 1.807) is 44.3 Å². The van der Waals surface area contributed by atoms with Gasteiger partial charge in [-0.15, -0.1) is 0 Å². The Labute approximate surface area is 268 Å². The van der Waals surface area contributed by atoms with Gasteiger partial charge in [0.15, 0.2) is 0 Å². The second-order valence-electron chi connectivity index (χ2n) is 11.2. The van der Waals surface area contributed by atoms with Crippen LogP contribution < -0.4 is 15.1 Å². The van der Waals surface area contributed by atoms with Crippen molar-refractivity contribution in [1.29, 1.82) is 0 Å². The number of hydrogen-bond acceptors (Lipinski definition) is 7. The quantitative estimate of drug-likeness (QED) is 0.140. The summed E-state index contributed by atoms with van der Waals surface area (Å²) in [4.78, 5) is 46.6. The maximum absolute atomic E-state index is 12.8. The highest BCUT2D eigenvalue weighted by atomic mass is 35.5. The average molecular weight is 652 g/mol. The lowest BCUT2D eigenvalue weighted by molar-refractivity contribution is -0.116. The van der Waals surface area contributed by atoms with Crippen LogP contribution in [0.4, 0.5) is 17.5 Å². The van der Waals surface area contributed by atoms with Crippen molar-refractivity contribution < 1.29 is 23.6 Å². The molecule has 4 aromatic rings. The summed E-state index contributed by atoms with van der Waals surface area (Å²) >= 11 is 6.14. The number of piperazine rings is 1. The molecular weight excluding hydrogens is 613 g/mol. The Morgan fingerprint density at radius 1 is 0.978 bits per heavy atom. The Morgan fingerprint density at radius 3 is 2.24 bits per heavy atom. The number of benzene rings is 2. The molecule has 1 aliphatic rings. The molecule has 10 nitrogen and oxygen atoms in total. The molecule has 0 radical (unpaired) electrons. The van der Waals surface area contributed by atoms with Crippen LogP contribution in [-0.4, -0.2) is 51.8 Å². The molecule has 0 bridgehead atoms. The highest BCUT2D eigenvalue weighted by Crippen LogP contribution is 2.60. The van der Waals surface area contributed by atoms with E-state index in [1.165, 1.54) is 0 Å². The predicted molar refractivity (Wildman–Crippen MR) is 178 cm³/mol. The van der Waals surface area contributed by atoms with E-state index in [-0.39, 0.29) is 12.3 Å². The van der Waals surface area contributed by atoms with Crippen LogP contribution in [0.1, 0.15) is 50.9 Å². The molecule has 1 amide bonds. The lowest BCUT2D eigenvalue weighted by Crippen LogP contribution is -2.47. The van der Waals surface area contributed by atoms with Gasteiger partial charge in [0.1, 0.15) is 17.3 Å².